The number of carbonyl (C=O) groups excluding carboxylic acids is 3. The molecule has 2 atom stereocenters. The van der Waals surface area contributed by atoms with Crippen LogP contribution in [0.4, 0.5) is 9.59 Å². The number of amides is 3. The summed E-state index contributed by atoms with van der Waals surface area (Å²) in [7, 11) is 0. The first-order valence-electron chi connectivity index (χ1n) is 9.23. The predicted molar refractivity (Wildman–Crippen MR) is 100 cm³/mol. The Bertz CT molecular complexity index is 574. The van der Waals surface area contributed by atoms with Crippen molar-refractivity contribution in [2.75, 3.05) is 6.61 Å². The van der Waals surface area contributed by atoms with E-state index >= 15 is 0 Å². The second-order valence-electron chi connectivity index (χ2n) is 9.63. The molecular formula is C19H34N2O6. The summed E-state index contributed by atoms with van der Waals surface area (Å²) in [5.41, 5.74) is -2.09. The van der Waals surface area contributed by atoms with Crippen LogP contribution in [-0.4, -0.2) is 57.5 Å². The number of likely N-dealkylation sites (tertiary alicyclic amines) is 1. The van der Waals surface area contributed by atoms with E-state index in [0.29, 0.717) is 6.42 Å². The number of carbonyl (C=O) groups is 3. The van der Waals surface area contributed by atoms with Crippen molar-refractivity contribution in [3.05, 3.63) is 0 Å². The number of rotatable bonds is 4. The molecule has 0 aromatic rings. The third kappa shape index (κ3) is 7.01. The normalized spacial score (nSPS) is 21.0. The van der Waals surface area contributed by atoms with E-state index in [-0.39, 0.29) is 18.9 Å². The Kier molecular flexibility index (Phi) is 6.91. The number of imide groups is 1. The highest BCUT2D eigenvalue weighted by Gasteiger charge is 2.50. The molecule has 27 heavy (non-hydrogen) atoms. The van der Waals surface area contributed by atoms with Crippen molar-refractivity contribution < 1.29 is 29.0 Å². The molecule has 1 heterocycles. The predicted octanol–water partition coefficient (Wildman–Crippen LogP) is 2.82. The van der Waals surface area contributed by atoms with Gasteiger partial charge in [-0.25, -0.2) is 14.5 Å². The van der Waals surface area contributed by atoms with E-state index in [9.17, 15) is 19.5 Å². The van der Waals surface area contributed by atoms with Gasteiger partial charge >= 0.3 is 12.2 Å². The van der Waals surface area contributed by atoms with Crippen molar-refractivity contribution in [2.45, 2.75) is 91.0 Å². The first kappa shape index (κ1) is 23.2. The molecular weight excluding hydrogens is 352 g/mol. The van der Waals surface area contributed by atoms with E-state index in [2.05, 4.69) is 5.32 Å². The van der Waals surface area contributed by atoms with Gasteiger partial charge in [0.15, 0.2) is 0 Å². The van der Waals surface area contributed by atoms with Crippen LogP contribution in [0.25, 0.3) is 0 Å². The number of ether oxygens (including phenoxy) is 2. The summed E-state index contributed by atoms with van der Waals surface area (Å²) in [5, 5.41) is 12.2. The van der Waals surface area contributed by atoms with Crippen molar-refractivity contribution in [2.24, 2.45) is 5.92 Å². The lowest BCUT2D eigenvalue weighted by molar-refractivity contribution is -0.132. The fourth-order valence-electron chi connectivity index (χ4n) is 3.09. The maximum Gasteiger partial charge on any atom is 0.417 e. The van der Waals surface area contributed by atoms with Crippen LogP contribution in [0.1, 0.15) is 68.2 Å². The second kappa shape index (κ2) is 8.04. The minimum atomic E-state index is -0.712. The van der Waals surface area contributed by atoms with Crippen LogP contribution in [0.5, 0.6) is 0 Å². The molecule has 8 nitrogen and oxygen atoms in total. The Morgan fingerprint density at radius 3 is 2.15 bits per heavy atom. The quantitative estimate of drug-likeness (QED) is 0.770. The Hall–Kier alpha value is -1.83. The van der Waals surface area contributed by atoms with Crippen molar-refractivity contribution in [1.29, 1.82) is 0 Å². The molecule has 0 unspecified atom stereocenters. The third-order valence-corrected chi connectivity index (χ3v) is 4.01. The molecule has 1 saturated heterocycles. The second-order valence-corrected chi connectivity index (χ2v) is 9.63. The van der Waals surface area contributed by atoms with Gasteiger partial charge in [0, 0.05) is 11.5 Å². The Morgan fingerprint density at radius 1 is 1.19 bits per heavy atom. The number of aliphatic hydroxyl groups excluding tert-OH is 1. The van der Waals surface area contributed by atoms with Gasteiger partial charge in [0.25, 0.3) is 0 Å². The van der Waals surface area contributed by atoms with Gasteiger partial charge in [-0.2, -0.15) is 0 Å². The number of hydrogen-bond acceptors (Lipinski definition) is 6. The standard InChI is InChI=1S/C19H34N2O6/c1-17(2,3)26-15(24)20-13(11-22)9-12-10-19(7,8)21(14(12)23)16(25)27-18(4,5)6/h12-13,22H,9-11H2,1-8H3,(H,20,24)/t12-,13+/m0/s1. The summed E-state index contributed by atoms with van der Waals surface area (Å²) in [5.74, 6) is -0.877. The maximum atomic E-state index is 12.8. The molecule has 1 fully saturated rings. The summed E-state index contributed by atoms with van der Waals surface area (Å²) >= 11 is 0. The highest BCUT2D eigenvalue weighted by molar-refractivity contribution is 5.96. The van der Waals surface area contributed by atoms with Crippen molar-refractivity contribution in [3.8, 4) is 0 Å². The molecule has 8 heteroatoms. The van der Waals surface area contributed by atoms with Crippen molar-refractivity contribution in [3.63, 3.8) is 0 Å². The van der Waals surface area contributed by atoms with Gasteiger partial charge in [-0.1, -0.05) is 0 Å². The molecule has 1 aliphatic heterocycles. The zero-order valence-corrected chi connectivity index (χ0v) is 17.7. The number of nitrogens with zero attached hydrogens (tertiary/aromatic N) is 1. The maximum absolute atomic E-state index is 12.8. The van der Waals surface area contributed by atoms with E-state index in [1.54, 1.807) is 55.4 Å². The highest BCUT2D eigenvalue weighted by atomic mass is 16.6. The number of nitrogens with one attached hydrogen (secondary N) is 1. The highest BCUT2D eigenvalue weighted by Crippen LogP contribution is 2.37. The molecule has 0 spiro atoms. The molecule has 0 aromatic heterocycles. The zero-order valence-electron chi connectivity index (χ0n) is 17.7. The molecule has 0 aromatic carbocycles. The minimum absolute atomic E-state index is 0.206. The van der Waals surface area contributed by atoms with Gasteiger partial charge in [0.2, 0.25) is 5.91 Å². The summed E-state index contributed by atoms with van der Waals surface area (Å²) in [6.45, 7) is 13.7. The number of hydrogen-bond donors (Lipinski definition) is 2. The van der Waals surface area contributed by atoms with E-state index in [1.807, 2.05) is 0 Å². The fourth-order valence-corrected chi connectivity index (χ4v) is 3.09. The van der Waals surface area contributed by atoms with Gasteiger partial charge in [0.05, 0.1) is 12.6 Å². The monoisotopic (exact) mass is 386 g/mol. The lowest BCUT2D eigenvalue weighted by Crippen LogP contribution is -2.48. The van der Waals surface area contributed by atoms with Gasteiger partial charge in [-0.3, -0.25) is 4.79 Å². The largest absolute Gasteiger partial charge is 0.444 e. The van der Waals surface area contributed by atoms with Crippen LogP contribution >= 0.6 is 0 Å². The van der Waals surface area contributed by atoms with Crippen LogP contribution in [0, 0.1) is 5.92 Å². The van der Waals surface area contributed by atoms with Crippen LogP contribution in [0.2, 0.25) is 0 Å². The Balaban J connectivity index is 2.82. The van der Waals surface area contributed by atoms with Crippen LogP contribution in [-0.2, 0) is 14.3 Å². The fraction of sp³-hybridized carbons (Fsp3) is 0.842. The van der Waals surface area contributed by atoms with Crippen LogP contribution in [0.3, 0.4) is 0 Å². The molecule has 1 aliphatic rings. The van der Waals surface area contributed by atoms with Crippen molar-refractivity contribution in [1.82, 2.24) is 10.2 Å². The molecule has 156 valence electrons. The number of aliphatic hydroxyl groups is 1. The topological polar surface area (TPSA) is 105 Å². The third-order valence-electron chi connectivity index (χ3n) is 4.01. The molecule has 0 radical (unpaired) electrons. The van der Waals surface area contributed by atoms with Gasteiger partial charge < -0.3 is 19.9 Å². The van der Waals surface area contributed by atoms with E-state index in [4.69, 9.17) is 9.47 Å². The first-order valence-corrected chi connectivity index (χ1v) is 9.23. The summed E-state index contributed by atoms with van der Waals surface area (Å²) in [4.78, 5) is 38.3. The molecule has 3 amide bonds. The first-order chi connectivity index (χ1) is 12.1. The SMILES string of the molecule is CC(C)(C)OC(=O)N[C@@H](CO)C[C@H]1CC(C)(C)N(C(=O)OC(C)(C)C)C1=O. The Morgan fingerprint density at radius 2 is 1.70 bits per heavy atom. The minimum Gasteiger partial charge on any atom is -0.444 e. The molecule has 2 N–H and O–H groups in total. The summed E-state index contributed by atoms with van der Waals surface area (Å²) < 4.78 is 10.5. The zero-order chi connectivity index (χ0) is 21.2. The lowest BCUT2D eigenvalue weighted by atomic mass is 9.91. The number of alkyl carbamates (subject to hydrolysis) is 1. The molecule has 0 aliphatic carbocycles. The van der Waals surface area contributed by atoms with Gasteiger partial charge in [0.1, 0.15) is 11.2 Å². The Labute approximate surface area is 161 Å². The van der Waals surface area contributed by atoms with Crippen molar-refractivity contribution >= 4 is 18.1 Å². The smallest absolute Gasteiger partial charge is 0.417 e. The molecule has 0 saturated carbocycles. The molecule has 0 bridgehead atoms. The van der Waals surface area contributed by atoms with E-state index < -0.39 is 40.9 Å². The average molecular weight is 386 g/mol. The summed E-state index contributed by atoms with van der Waals surface area (Å²) in [6, 6.07) is -0.650. The average Bonchev–Trinajstić information content (AvgIpc) is 2.63. The van der Waals surface area contributed by atoms with E-state index in [1.165, 1.54) is 0 Å². The summed E-state index contributed by atoms with van der Waals surface area (Å²) in [6.07, 6.45) is -0.717. The van der Waals surface area contributed by atoms with Crippen LogP contribution < -0.4 is 5.32 Å². The van der Waals surface area contributed by atoms with E-state index in [0.717, 1.165) is 4.90 Å². The molecule has 1 rings (SSSR count). The lowest BCUT2D eigenvalue weighted by Gasteiger charge is -2.31. The van der Waals surface area contributed by atoms with Crippen LogP contribution in [0.15, 0.2) is 0 Å². The van der Waals surface area contributed by atoms with Gasteiger partial charge in [-0.15, -0.1) is 0 Å². The van der Waals surface area contributed by atoms with Gasteiger partial charge in [-0.05, 0) is 68.2 Å².